The number of hydrogen-bond donors (Lipinski definition) is 2. The molecule has 162 valence electrons. The van der Waals surface area contributed by atoms with Gasteiger partial charge in [0.15, 0.2) is 5.69 Å². The standard InChI is InChI=1S/C23H27N5O3/c1-5-27(6-2)17-12-11-16(20(29)13-17)14-24-25-22(30)21-18-9-7-8-10-19(18)23(31)28(26-21)15(3)4/h7-15,29H,5-6H2,1-4H3,(H,25,30)/b24-14+. The first-order chi connectivity index (χ1) is 14.9. The van der Waals surface area contributed by atoms with Crippen LogP contribution in [0, 0.1) is 0 Å². The summed E-state index contributed by atoms with van der Waals surface area (Å²) >= 11 is 0. The van der Waals surface area contributed by atoms with E-state index in [1.165, 1.54) is 10.9 Å². The molecule has 0 fully saturated rings. The first kappa shape index (κ1) is 22.0. The molecule has 0 bridgehead atoms. The van der Waals surface area contributed by atoms with Crippen LogP contribution in [-0.4, -0.2) is 40.1 Å². The molecular weight excluding hydrogens is 394 g/mol. The number of phenols is 1. The van der Waals surface area contributed by atoms with Gasteiger partial charge < -0.3 is 10.0 Å². The third kappa shape index (κ3) is 4.58. The Morgan fingerprint density at radius 3 is 2.48 bits per heavy atom. The second kappa shape index (κ2) is 9.42. The van der Waals surface area contributed by atoms with E-state index in [4.69, 9.17) is 0 Å². The minimum atomic E-state index is -0.541. The van der Waals surface area contributed by atoms with Gasteiger partial charge in [0.25, 0.3) is 11.5 Å². The number of anilines is 1. The summed E-state index contributed by atoms with van der Waals surface area (Å²) in [6.07, 6.45) is 1.37. The van der Waals surface area contributed by atoms with Crippen molar-refractivity contribution in [1.82, 2.24) is 15.2 Å². The fraction of sp³-hybridized carbons (Fsp3) is 0.304. The molecule has 8 heteroatoms. The van der Waals surface area contributed by atoms with Gasteiger partial charge in [0.1, 0.15) is 5.75 Å². The van der Waals surface area contributed by atoms with Gasteiger partial charge >= 0.3 is 0 Å². The Morgan fingerprint density at radius 1 is 1.19 bits per heavy atom. The summed E-state index contributed by atoms with van der Waals surface area (Å²) in [6.45, 7) is 9.41. The van der Waals surface area contributed by atoms with Gasteiger partial charge in [-0.05, 0) is 45.9 Å². The van der Waals surface area contributed by atoms with Crippen molar-refractivity contribution >= 4 is 28.6 Å². The number of nitrogens with one attached hydrogen (secondary N) is 1. The number of nitrogens with zero attached hydrogens (tertiary/aromatic N) is 4. The number of fused-ring (bicyclic) bond motifs is 1. The van der Waals surface area contributed by atoms with E-state index in [0.717, 1.165) is 18.8 Å². The van der Waals surface area contributed by atoms with E-state index in [0.29, 0.717) is 16.3 Å². The lowest BCUT2D eigenvalue weighted by Gasteiger charge is -2.21. The van der Waals surface area contributed by atoms with Crippen molar-refractivity contribution in [2.24, 2.45) is 5.10 Å². The number of aromatic nitrogens is 2. The predicted molar refractivity (Wildman–Crippen MR) is 123 cm³/mol. The molecule has 0 aliphatic heterocycles. The Morgan fingerprint density at radius 2 is 1.87 bits per heavy atom. The van der Waals surface area contributed by atoms with E-state index < -0.39 is 5.91 Å². The lowest BCUT2D eigenvalue weighted by Crippen LogP contribution is -2.30. The van der Waals surface area contributed by atoms with Gasteiger partial charge in [-0.2, -0.15) is 10.2 Å². The molecule has 0 radical (unpaired) electrons. The number of amides is 1. The van der Waals surface area contributed by atoms with Gasteiger partial charge in [-0.15, -0.1) is 0 Å². The second-order valence-corrected chi connectivity index (χ2v) is 7.35. The van der Waals surface area contributed by atoms with Gasteiger partial charge in [-0.3, -0.25) is 9.59 Å². The summed E-state index contributed by atoms with van der Waals surface area (Å²) in [5, 5.41) is 19.4. The maximum atomic E-state index is 12.8. The third-order valence-electron chi connectivity index (χ3n) is 5.04. The highest BCUT2D eigenvalue weighted by atomic mass is 16.3. The van der Waals surface area contributed by atoms with E-state index in [-0.39, 0.29) is 23.0 Å². The van der Waals surface area contributed by atoms with Crippen molar-refractivity contribution in [3.05, 3.63) is 64.1 Å². The second-order valence-electron chi connectivity index (χ2n) is 7.35. The highest BCUT2D eigenvalue weighted by molar-refractivity contribution is 6.05. The summed E-state index contributed by atoms with van der Waals surface area (Å²) < 4.78 is 1.29. The van der Waals surface area contributed by atoms with Crippen LogP contribution in [0.1, 0.15) is 49.8 Å². The first-order valence-corrected chi connectivity index (χ1v) is 10.3. The molecule has 0 saturated carbocycles. The molecule has 31 heavy (non-hydrogen) atoms. The first-order valence-electron chi connectivity index (χ1n) is 10.3. The van der Waals surface area contributed by atoms with E-state index in [9.17, 15) is 14.7 Å². The molecule has 1 aromatic heterocycles. The molecule has 0 saturated heterocycles. The molecular formula is C23H27N5O3. The van der Waals surface area contributed by atoms with Crippen LogP contribution in [0.25, 0.3) is 10.8 Å². The highest BCUT2D eigenvalue weighted by Crippen LogP contribution is 2.23. The smallest absolute Gasteiger partial charge is 0.292 e. The number of rotatable bonds is 7. The fourth-order valence-corrected chi connectivity index (χ4v) is 3.36. The van der Waals surface area contributed by atoms with Crippen molar-refractivity contribution in [2.75, 3.05) is 18.0 Å². The quantitative estimate of drug-likeness (QED) is 0.450. The molecule has 8 nitrogen and oxygen atoms in total. The van der Waals surface area contributed by atoms with Crippen LogP contribution in [0.3, 0.4) is 0 Å². The summed E-state index contributed by atoms with van der Waals surface area (Å²) in [5.41, 5.74) is 3.70. The molecule has 0 spiro atoms. The molecule has 3 aromatic rings. The Balaban J connectivity index is 1.86. The van der Waals surface area contributed by atoms with Gasteiger partial charge in [-0.1, -0.05) is 18.2 Å². The molecule has 2 N–H and O–H groups in total. The Bertz CT molecular complexity index is 1180. The number of phenolic OH excluding ortho intramolecular Hbond substituents is 1. The zero-order valence-corrected chi connectivity index (χ0v) is 18.2. The third-order valence-corrected chi connectivity index (χ3v) is 5.04. The molecule has 0 atom stereocenters. The van der Waals surface area contributed by atoms with Crippen LogP contribution in [-0.2, 0) is 0 Å². The van der Waals surface area contributed by atoms with Crippen molar-refractivity contribution in [2.45, 2.75) is 33.7 Å². The number of carbonyl (C=O) groups is 1. The molecule has 0 unspecified atom stereocenters. The largest absolute Gasteiger partial charge is 0.507 e. The summed E-state index contributed by atoms with van der Waals surface area (Å²) in [6, 6.07) is 12.0. The SMILES string of the molecule is CCN(CC)c1ccc(/C=N/NC(=O)c2nn(C(C)C)c(=O)c3ccccc23)c(O)c1. The average Bonchev–Trinajstić information content (AvgIpc) is 2.76. The summed E-state index contributed by atoms with van der Waals surface area (Å²) in [7, 11) is 0. The summed E-state index contributed by atoms with van der Waals surface area (Å²) in [5.74, 6) is -0.472. The highest BCUT2D eigenvalue weighted by Gasteiger charge is 2.17. The van der Waals surface area contributed by atoms with Gasteiger partial charge in [0, 0.05) is 35.8 Å². The number of benzene rings is 2. The molecule has 0 aliphatic carbocycles. The van der Waals surface area contributed by atoms with Crippen LogP contribution in [0.15, 0.2) is 52.4 Å². The minimum absolute atomic E-state index is 0.0688. The molecule has 2 aromatic carbocycles. The number of hydrogen-bond acceptors (Lipinski definition) is 6. The van der Waals surface area contributed by atoms with E-state index in [1.807, 2.05) is 33.8 Å². The van der Waals surface area contributed by atoms with Gasteiger partial charge in [0.2, 0.25) is 0 Å². The van der Waals surface area contributed by atoms with Crippen molar-refractivity contribution in [1.29, 1.82) is 0 Å². The van der Waals surface area contributed by atoms with Crippen LogP contribution in [0.5, 0.6) is 5.75 Å². The van der Waals surface area contributed by atoms with E-state index in [2.05, 4.69) is 20.5 Å². The predicted octanol–water partition coefficient (Wildman–Crippen LogP) is 3.29. The minimum Gasteiger partial charge on any atom is -0.507 e. The van der Waals surface area contributed by atoms with Crippen molar-refractivity contribution < 1.29 is 9.90 Å². The fourth-order valence-electron chi connectivity index (χ4n) is 3.36. The molecule has 3 rings (SSSR count). The monoisotopic (exact) mass is 421 g/mol. The lowest BCUT2D eigenvalue weighted by molar-refractivity contribution is 0.0949. The van der Waals surface area contributed by atoms with Crippen LogP contribution in [0.2, 0.25) is 0 Å². The molecule has 1 heterocycles. The van der Waals surface area contributed by atoms with Gasteiger partial charge in [-0.25, -0.2) is 10.1 Å². The normalized spacial score (nSPS) is 11.4. The van der Waals surface area contributed by atoms with Crippen molar-refractivity contribution in [3.8, 4) is 5.75 Å². The number of aromatic hydroxyl groups is 1. The summed E-state index contributed by atoms with van der Waals surface area (Å²) in [4.78, 5) is 27.5. The van der Waals surface area contributed by atoms with Gasteiger partial charge in [0.05, 0.1) is 17.6 Å². The topological polar surface area (TPSA) is 99.8 Å². The maximum Gasteiger partial charge on any atom is 0.292 e. The van der Waals surface area contributed by atoms with Crippen LogP contribution < -0.4 is 15.9 Å². The maximum absolute atomic E-state index is 12.8. The zero-order chi connectivity index (χ0) is 22.5. The molecule has 1 amide bonds. The van der Waals surface area contributed by atoms with E-state index >= 15 is 0 Å². The van der Waals surface area contributed by atoms with Crippen LogP contribution in [0.4, 0.5) is 5.69 Å². The van der Waals surface area contributed by atoms with Crippen molar-refractivity contribution in [3.63, 3.8) is 0 Å². The van der Waals surface area contributed by atoms with Crippen LogP contribution >= 0.6 is 0 Å². The Kier molecular flexibility index (Phi) is 6.69. The Labute approximate surface area is 180 Å². The lowest BCUT2D eigenvalue weighted by atomic mass is 10.1. The zero-order valence-electron chi connectivity index (χ0n) is 18.2. The number of hydrazone groups is 1. The Hall–Kier alpha value is -3.68. The van der Waals surface area contributed by atoms with E-state index in [1.54, 1.807) is 36.4 Å². The molecule has 0 aliphatic rings. The average molecular weight is 422 g/mol. The number of carbonyl (C=O) groups excluding carboxylic acids is 1.